The Morgan fingerprint density at radius 1 is 1.39 bits per heavy atom. The number of amides is 1. The van der Waals surface area contributed by atoms with Crippen LogP contribution in [0.3, 0.4) is 0 Å². The Labute approximate surface area is 140 Å². The van der Waals surface area contributed by atoms with E-state index in [1.807, 2.05) is 18.2 Å². The minimum atomic E-state index is 0.0450. The van der Waals surface area contributed by atoms with Gasteiger partial charge < -0.3 is 5.32 Å². The number of hydrogen-bond donors (Lipinski definition) is 1. The van der Waals surface area contributed by atoms with Crippen LogP contribution in [0.5, 0.6) is 0 Å². The predicted molar refractivity (Wildman–Crippen MR) is 94.0 cm³/mol. The summed E-state index contributed by atoms with van der Waals surface area (Å²) in [6.07, 6.45) is 3.36. The number of piperidine rings is 3. The molecule has 0 spiro atoms. The molecule has 0 aliphatic carbocycles. The molecule has 4 heterocycles. The predicted octanol–water partition coefficient (Wildman–Crippen LogP) is 3.07. The van der Waals surface area contributed by atoms with Crippen LogP contribution in [0.2, 0.25) is 0 Å². The number of aromatic nitrogens is 1. The zero-order chi connectivity index (χ0) is 16.0. The van der Waals surface area contributed by atoms with Crippen molar-refractivity contribution in [3.63, 3.8) is 0 Å². The van der Waals surface area contributed by atoms with Crippen molar-refractivity contribution in [2.45, 2.75) is 45.2 Å². The third kappa shape index (κ3) is 2.66. The first-order valence-corrected chi connectivity index (χ1v) is 9.41. The largest absolute Gasteiger partial charge is 0.347 e. The summed E-state index contributed by atoms with van der Waals surface area (Å²) in [5, 5.41) is 4.43. The molecule has 2 atom stereocenters. The molecule has 0 unspecified atom stereocenters. The minimum Gasteiger partial charge on any atom is -0.347 e. The monoisotopic (exact) mass is 329 g/mol. The van der Waals surface area contributed by atoms with Gasteiger partial charge in [0.1, 0.15) is 0 Å². The number of nitrogens with zero attached hydrogens (tertiary/aromatic N) is 2. The van der Waals surface area contributed by atoms with Crippen molar-refractivity contribution in [2.24, 2.45) is 5.92 Å². The molecule has 3 aliphatic rings. The van der Waals surface area contributed by atoms with E-state index >= 15 is 0 Å². The molecule has 1 amide bonds. The summed E-state index contributed by atoms with van der Waals surface area (Å²) in [5.74, 6) is 0.678. The molecule has 0 saturated carbocycles. The van der Waals surface area contributed by atoms with E-state index in [4.69, 9.17) is 0 Å². The van der Waals surface area contributed by atoms with Crippen molar-refractivity contribution in [3.05, 3.63) is 28.8 Å². The van der Waals surface area contributed by atoms with Crippen LogP contribution < -0.4 is 5.32 Å². The van der Waals surface area contributed by atoms with Crippen LogP contribution in [-0.2, 0) is 6.42 Å². The zero-order valence-corrected chi connectivity index (χ0v) is 14.5. The Bertz CT molecular complexity index is 731. The normalized spacial score (nSPS) is 29.8. The quantitative estimate of drug-likeness (QED) is 0.941. The molecule has 3 aliphatic heterocycles. The highest BCUT2D eigenvalue weighted by Gasteiger charge is 2.40. The second-order valence-electron chi connectivity index (χ2n) is 6.76. The average Bonchev–Trinajstić information content (AvgIpc) is 3.00. The number of nitrogens with one attached hydrogen (secondary N) is 1. The van der Waals surface area contributed by atoms with E-state index in [9.17, 15) is 4.79 Å². The maximum absolute atomic E-state index is 12.7. The van der Waals surface area contributed by atoms with Crippen molar-refractivity contribution in [2.75, 3.05) is 13.1 Å². The Hall–Kier alpha value is -1.46. The van der Waals surface area contributed by atoms with E-state index in [1.165, 1.54) is 25.9 Å². The fourth-order valence-electron chi connectivity index (χ4n) is 4.05. The van der Waals surface area contributed by atoms with Gasteiger partial charge in [-0.05, 0) is 63.4 Å². The lowest BCUT2D eigenvalue weighted by atomic mass is 9.79. The van der Waals surface area contributed by atoms with Crippen molar-refractivity contribution in [1.29, 1.82) is 0 Å². The van der Waals surface area contributed by atoms with Gasteiger partial charge in [0.05, 0.1) is 15.2 Å². The molecular weight excluding hydrogens is 306 g/mol. The molecule has 4 nitrogen and oxygen atoms in total. The van der Waals surface area contributed by atoms with Gasteiger partial charge in [0, 0.05) is 17.6 Å². The van der Waals surface area contributed by atoms with Crippen LogP contribution in [0, 0.1) is 5.92 Å². The molecule has 1 aromatic heterocycles. The van der Waals surface area contributed by atoms with Gasteiger partial charge in [-0.3, -0.25) is 9.69 Å². The molecule has 5 heteroatoms. The van der Waals surface area contributed by atoms with Gasteiger partial charge in [-0.25, -0.2) is 4.98 Å². The topological polar surface area (TPSA) is 45.2 Å². The lowest BCUT2D eigenvalue weighted by Crippen LogP contribution is -2.62. The molecular formula is C18H23N3OS. The van der Waals surface area contributed by atoms with Gasteiger partial charge in [-0.2, -0.15) is 0 Å². The molecule has 3 saturated heterocycles. The Morgan fingerprint density at radius 3 is 2.87 bits per heavy atom. The second-order valence-corrected chi connectivity index (χ2v) is 7.87. The molecule has 1 aromatic carbocycles. The smallest absolute Gasteiger partial charge is 0.251 e. The summed E-state index contributed by atoms with van der Waals surface area (Å²) in [5.41, 5.74) is 1.68. The summed E-state index contributed by atoms with van der Waals surface area (Å²) in [4.78, 5) is 19.8. The third-order valence-electron chi connectivity index (χ3n) is 5.47. The maximum Gasteiger partial charge on any atom is 0.251 e. The van der Waals surface area contributed by atoms with Gasteiger partial charge in [-0.1, -0.05) is 6.92 Å². The molecule has 3 fully saturated rings. The van der Waals surface area contributed by atoms with Gasteiger partial charge in [-0.15, -0.1) is 11.3 Å². The molecule has 23 heavy (non-hydrogen) atoms. The van der Waals surface area contributed by atoms with Crippen LogP contribution in [0.1, 0.15) is 42.1 Å². The number of fused-ring (bicyclic) bond motifs is 4. The first kappa shape index (κ1) is 15.1. The maximum atomic E-state index is 12.7. The molecule has 2 aromatic rings. The van der Waals surface area contributed by atoms with Gasteiger partial charge in [0.2, 0.25) is 0 Å². The number of aryl methyl sites for hydroxylation is 1. The summed E-state index contributed by atoms with van der Waals surface area (Å²) in [7, 11) is 0. The van der Waals surface area contributed by atoms with Gasteiger partial charge >= 0.3 is 0 Å². The lowest BCUT2D eigenvalue weighted by molar-refractivity contribution is 0.0217. The highest BCUT2D eigenvalue weighted by atomic mass is 32.1. The average molecular weight is 329 g/mol. The number of hydrogen-bond acceptors (Lipinski definition) is 4. The fourth-order valence-corrected chi connectivity index (χ4v) is 4.93. The summed E-state index contributed by atoms with van der Waals surface area (Å²) >= 11 is 1.71. The summed E-state index contributed by atoms with van der Waals surface area (Å²) in [6.45, 7) is 6.72. The minimum absolute atomic E-state index is 0.0450. The number of rotatable bonds is 3. The van der Waals surface area contributed by atoms with E-state index in [2.05, 4.69) is 29.0 Å². The van der Waals surface area contributed by atoms with Gasteiger partial charge in [0.25, 0.3) is 5.91 Å². The lowest BCUT2D eigenvalue weighted by Gasteiger charge is -2.49. The fraction of sp³-hybridized carbons (Fsp3) is 0.556. The summed E-state index contributed by atoms with van der Waals surface area (Å²) < 4.78 is 1.16. The Morgan fingerprint density at radius 2 is 2.17 bits per heavy atom. The zero-order valence-electron chi connectivity index (χ0n) is 13.7. The van der Waals surface area contributed by atoms with Crippen molar-refractivity contribution in [1.82, 2.24) is 15.2 Å². The second kappa shape index (κ2) is 5.87. The van der Waals surface area contributed by atoms with Crippen LogP contribution >= 0.6 is 11.3 Å². The summed E-state index contributed by atoms with van der Waals surface area (Å²) in [6, 6.07) is 6.62. The number of benzene rings is 1. The van der Waals surface area contributed by atoms with Crippen LogP contribution in [0.4, 0.5) is 0 Å². The number of thiazole rings is 1. The molecule has 1 N–H and O–H groups in total. The third-order valence-corrected chi connectivity index (χ3v) is 6.65. The van der Waals surface area contributed by atoms with Gasteiger partial charge in [0.15, 0.2) is 0 Å². The number of carbonyl (C=O) groups excluding carboxylic acids is 1. The number of carbonyl (C=O) groups is 1. The first-order chi connectivity index (χ1) is 11.2. The SMILES string of the molecule is CCc1nc2cc(C(=O)N[C@@H]3C4CCN(CC4)[C@H]3C)ccc2s1. The van der Waals surface area contributed by atoms with E-state index in [0.29, 0.717) is 12.0 Å². The van der Waals surface area contributed by atoms with Crippen molar-refractivity contribution >= 4 is 27.5 Å². The molecule has 5 rings (SSSR count). The van der Waals surface area contributed by atoms with Crippen molar-refractivity contribution in [3.8, 4) is 0 Å². The molecule has 0 radical (unpaired) electrons. The highest BCUT2D eigenvalue weighted by Crippen LogP contribution is 2.32. The standard InChI is InChI=1S/C18H23N3OS/c1-3-16-19-14-10-13(4-5-15(14)23-16)18(22)20-17-11(2)21-8-6-12(17)7-9-21/h4-5,10-12,17H,3,6-9H2,1-2H3,(H,20,22)/t11-,17-/m0/s1. The Balaban J connectivity index is 1.54. The van der Waals surface area contributed by atoms with E-state index in [0.717, 1.165) is 27.2 Å². The van der Waals surface area contributed by atoms with E-state index < -0.39 is 0 Å². The van der Waals surface area contributed by atoms with Crippen molar-refractivity contribution < 1.29 is 4.79 Å². The first-order valence-electron chi connectivity index (χ1n) is 8.60. The van der Waals surface area contributed by atoms with E-state index in [-0.39, 0.29) is 11.9 Å². The highest BCUT2D eigenvalue weighted by molar-refractivity contribution is 7.18. The van der Waals surface area contributed by atoms with Crippen LogP contribution in [-0.4, -0.2) is 41.0 Å². The van der Waals surface area contributed by atoms with E-state index in [1.54, 1.807) is 11.3 Å². The van der Waals surface area contributed by atoms with Crippen LogP contribution in [0.25, 0.3) is 10.2 Å². The van der Waals surface area contributed by atoms with Crippen LogP contribution in [0.15, 0.2) is 18.2 Å². The molecule has 122 valence electrons. The molecule has 2 bridgehead atoms. The Kier molecular flexibility index (Phi) is 3.85.